The number of carboxylic acids is 1. The van der Waals surface area contributed by atoms with Crippen molar-refractivity contribution in [3.05, 3.63) is 0 Å². The van der Waals surface area contributed by atoms with Crippen molar-refractivity contribution in [1.29, 1.82) is 0 Å². The first-order chi connectivity index (χ1) is 9.27. The van der Waals surface area contributed by atoms with Crippen LogP contribution in [-0.4, -0.2) is 66.3 Å². The fourth-order valence-electron chi connectivity index (χ4n) is 2.01. The zero-order valence-corrected chi connectivity index (χ0v) is 12.1. The van der Waals surface area contributed by atoms with E-state index in [9.17, 15) is 18.0 Å². The average Bonchev–Trinajstić information content (AvgIpc) is 2.44. The Morgan fingerprint density at radius 2 is 1.90 bits per heavy atom. The Morgan fingerprint density at radius 1 is 1.35 bits per heavy atom. The van der Waals surface area contributed by atoms with Crippen molar-refractivity contribution in [3.63, 3.8) is 0 Å². The maximum absolute atomic E-state index is 11.8. The third kappa shape index (κ3) is 4.43. The Labute approximate surface area is 117 Å². The summed E-state index contributed by atoms with van der Waals surface area (Å²) < 4.78 is 24.7. The summed E-state index contributed by atoms with van der Waals surface area (Å²) in [6.45, 7) is 1.80. The van der Waals surface area contributed by atoms with Crippen LogP contribution in [0.3, 0.4) is 0 Å². The maximum Gasteiger partial charge on any atom is 0.334 e. The van der Waals surface area contributed by atoms with E-state index in [4.69, 9.17) is 10.2 Å². The van der Waals surface area contributed by atoms with Gasteiger partial charge < -0.3 is 15.5 Å². The summed E-state index contributed by atoms with van der Waals surface area (Å²) in [5, 5.41) is 19.9. The van der Waals surface area contributed by atoms with E-state index in [-0.39, 0.29) is 37.2 Å². The molecule has 8 nitrogen and oxygen atoms in total. The molecule has 1 aliphatic heterocycles. The van der Waals surface area contributed by atoms with Crippen molar-refractivity contribution in [1.82, 2.24) is 9.62 Å². The number of amides is 1. The monoisotopic (exact) mass is 308 g/mol. The van der Waals surface area contributed by atoms with E-state index >= 15 is 0 Å². The number of nitrogens with one attached hydrogen (secondary N) is 1. The van der Waals surface area contributed by atoms with Gasteiger partial charge in [0.2, 0.25) is 15.9 Å². The minimum Gasteiger partial charge on any atom is -0.479 e. The van der Waals surface area contributed by atoms with Crippen LogP contribution >= 0.6 is 0 Å². The molecule has 0 aromatic rings. The summed E-state index contributed by atoms with van der Waals surface area (Å²) in [4.78, 5) is 22.2. The molecule has 1 fully saturated rings. The van der Waals surface area contributed by atoms with Crippen LogP contribution in [0.15, 0.2) is 0 Å². The van der Waals surface area contributed by atoms with Gasteiger partial charge in [0.1, 0.15) is 0 Å². The minimum absolute atomic E-state index is 0.0364. The molecule has 1 heterocycles. The normalized spacial score (nSPS) is 19.5. The molecule has 3 N–H and O–H groups in total. The van der Waals surface area contributed by atoms with Crippen molar-refractivity contribution < 1.29 is 28.2 Å². The summed E-state index contributed by atoms with van der Waals surface area (Å²) in [7, 11) is -3.22. The molecule has 1 saturated heterocycles. The van der Waals surface area contributed by atoms with Gasteiger partial charge in [-0.15, -0.1) is 0 Å². The van der Waals surface area contributed by atoms with Gasteiger partial charge in [0.05, 0.1) is 12.3 Å². The highest BCUT2D eigenvalue weighted by atomic mass is 32.2. The molecule has 0 aliphatic carbocycles. The molecule has 0 spiro atoms. The van der Waals surface area contributed by atoms with Crippen LogP contribution in [0.5, 0.6) is 0 Å². The van der Waals surface area contributed by atoms with Gasteiger partial charge in [0.25, 0.3) is 0 Å². The quantitative estimate of drug-likeness (QED) is 0.555. The number of aliphatic carboxylic acids is 1. The Hall–Kier alpha value is -1.19. The van der Waals surface area contributed by atoms with Gasteiger partial charge in [-0.1, -0.05) is 0 Å². The van der Waals surface area contributed by atoms with Gasteiger partial charge >= 0.3 is 5.97 Å². The number of piperidine rings is 1. The first kappa shape index (κ1) is 16.9. The summed E-state index contributed by atoms with van der Waals surface area (Å²) in [5.74, 6) is -2.05. The molecule has 1 unspecified atom stereocenters. The van der Waals surface area contributed by atoms with Crippen molar-refractivity contribution in [3.8, 4) is 0 Å². The average molecular weight is 308 g/mol. The number of sulfonamides is 1. The van der Waals surface area contributed by atoms with Crippen LogP contribution in [0, 0.1) is 5.92 Å². The van der Waals surface area contributed by atoms with Gasteiger partial charge in [0, 0.05) is 19.0 Å². The number of hydrogen-bond donors (Lipinski definition) is 3. The van der Waals surface area contributed by atoms with Gasteiger partial charge in [0.15, 0.2) is 6.10 Å². The van der Waals surface area contributed by atoms with Crippen LogP contribution in [-0.2, 0) is 19.6 Å². The molecule has 1 rings (SSSR count). The second kappa shape index (κ2) is 7.00. The zero-order chi connectivity index (χ0) is 15.3. The van der Waals surface area contributed by atoms with Crippen LogP contribution in [0.25, 0.3) is 0 Å². The molecule has 1 amide bonds. The lowest BCUT2D eigenvalue weighted by Crippen LogP contribution is -2.45. The minimum atomic E-state index is -3.22. The second-order valence-electron chi connectivity index (χ2n) is 4.67. The molecular formula is C11H20N2O6S. The first-order valence-electron chi connectivity index (χ1n) is 6.44. The molecule has 9 heteroatoms. The summed E-state index contributed by atoms with van der Waals surface area (Å²) in [6, 6.07) is 0. The largest absolute Gasteiger partial charge is 0.479 e. The Morgan fingerprint density at radius 3 is 2.35 bits per heavy atom. The van der Waals surface area contributed by atoms with Crippen LogP contribution in [0.4, 0.5) is 0 Å². The Balaban J connectivity index is 2.42. The number of aliphatic hydroxyl groups is 1. The number of rotatable bonds is 6. The third-order valence-corrected chi connectivity index (χ3v) is 5.22. The molecule has 0 aromatic carbocycles. The predicted octanol–water partition coefficient (Wildman–Crippen LogP) is -1.39. The lowest BCUT2D eigenvalue weighted by molar-refractivity contribution is -0.146. The molecule has 1 aliphatic rings. The smallest absolute Gasteiger partial charge is 0.334 e. The van der Waals surface area contributed by atoms with Crippen LogP contribution in [0.2, 0.25) is 0 Å². The lowest BCUT2D eigenvalue weighted by Gasteiger charge is -2.30. The summed E-state index contributed by atoms with van der Waals surface area (Å²) in [6.07, 6.45) is -0.831. The highest BCUT2D eigenvalue weighted by Gasteiger charge is 2.30. The van der Waals surface area contributed by atoms with E-state index in [0.717, 1.165) is 0 Å². The zero-order valence-electron chi connectivity index (χ0n) is 11.3. The van der Waals surface area contributed by atoms with Crippen molar-refractivity contribution in [2.24, 2.45) is 5.92 Å². The molecule has 20 heavy (non-hydrogen) atoms. The van der Waals surface area contributed by atoms with Gasteiger partial charge in [-0.05, 0) is 19.8 Å². The molecule has 0 bridgehead atoms. The van der Waals surface area contributed by atoms with Crippen molar-refractivity contribution >= 4 is 21.9 Å². The number of hydrogen-bond acceptors (Lipinski definition) is 5. The number of carbonyl (C=O) groups excluding carboxylic acids is 1. The van der Waals surface area contributed by atoms with Gasteiger partial charge in [-0.25, -0.2) is 17.5 Å². The van der Waals surface area contributed by atoms with Crippen molar-refractivity contribution in [2.45, 2.75) is 25.9 Å². The Kier molecular flexibility index (Phi) is 5.90. The second-order valence-corrected chi connectivity index (χ2v) is 6.93. The van der Waals surface area contributed by atoms with Crippen LogP contribution in [0.1, 0.15) is 19.8 Å². The highest BCUT2D eigenvalue weighted by molar-refractivity contribution is 7.89. The third-order valence-electron chi connectivity index (χ3n) is 3.34. The Bertz CT molecular complexity index is 456. The first-order valence-corrected chi connectivity index (χ1v) is 8.05. The number of nitrogens with zero attached hydrogens (tertiary/aromatic N) is 1. The van der Waals surface area contributed by atoms with Crippen molar-refractivity contribution in [2.75, 3.05) is 25.4 Å². The fourth-order valence-corrected chi connectivity index (χ4v) is 3.14. The number of aliphatic hydroxyl groups excluding tert-OH is 1. The summed E-state index contributed by atoms with van der Waals surface area (Å²) >= 11 is 0. The van der Waals surface area contributed by atoms with E-state index in [1.54, 1.807) is 6.92 Å². The topological polar surface area (TPSA) is 124 Å². The fraction of sp³-hybridized carbons (Fsp3) is 0.818. The molecule has 1 atom stereocenters. The van der Waals surface area contributed by atoms with E-state index in [0.29, 0.717) is 12.8 Å². The summed E-state index contributed by atoms with van der Waals surface area (Å²) in [5.41, 5.74) is 0. The lowest BCUT2D eigenvalue weighted by atomic mass is 9.97. The predicted molar refractivity (Wildman–Crippen MR) is 70.4 cm³/mol. The standard InChI is InChI=1S/C11H20N2O6S/c1-2-20(18,19)13-5-3-8(4-6-13)10(15)12-7-9(14)11(16)17/h8-9,14H,2-7H2,1H3,(H,12,15)(H,16,17). The molecular weight excluding hydrogens is 288 g/mol. The highest BCUT2D eigenvalue weighted by Crippen LogP contribution is 2.19. The number of carboxylic acid groups (broad SMARTS) is 1. The molecule has 0 radical (unpaired) electrons. The van der Waals surface area contributed by atoms with E-state index in [1.165, 1.54) is 4.31 Å². The van der Waals surface area contributed by atoms with Gasteiger partial charge in [-0.2, -0.15) is 0 Å². The van der Waals surface area contributed by atoms with E-state index in [2.05, 4.69) is 5.32 Å². The maximum atomic E-state index is 11.8. The van der Waals surface area contributed by atoms with Gasteiger partial charge in [-0.3, -0.25) is 4.79 Å². The molecule has 0 aromatic heterocycles. The molecule has 116 valence electrons. The van der Waals surface area contributed by atoms with Crippen LogP contribution < -0.4 is 5.32 Å². The van der Waals surface area contributed by atoms with E-state index in [1.807, 2.05) is 0 Å². The SMILES string of the molecule is CCS(=O)(=O)N1CCC(C(=O)NCC(O)C(=O)O)CC1. The molecule has 0 saturated carbocycles. The van der Waals surface area contributed by atoms with E-state index < -0.39 is 22.1 Å². The number of carbonyl (C=O) groups is 2.